The fraction of sp³-hybridized carbons (Fsp3) is 0.120. The maximum atomic E-state index is 12.7. The van der Waals surface area contributed by atoms with E-state index in [4.69, 9.17) is 4.42 Å². The van der Waals surface area contributed by atoms with E-state index >= 15 is 0 Å². The average Bonchev–Trinajstić information content (AvgIpc) is 3.18. The third-order valence-electron chi connectivity index (χ3n) is 4.86. The quantitative estimate of drug-likeness (QED) is 0.414. The molecule has 0 bridgehead atoms. The lowest BCUT2D eigenvalue weighted by atomic mass is 10.1. The lowest BCUT2D eigenvalue weighted by Crippen LogP contribution is -2.13. The molecule has 1 heterocycles. The Labute approximate surface area is 175 Å². The van der Waals surface area contributed by atoms with Crippen LogP contribution in [0.15, 0.2) is 89.3 Å². The Bertz CT molecular complexity index is 1120. The molecule has 3 aromatic carbocycles. The second-order valence-electron chi connectivity index (χ2n) is 7.10. The maximum absolute atomic E-state index is 12.7. The van der Waals surface area contributed by atoms with Crippen molar-refractivity contribution < 1.29 is 9.21 Å². The van der Waals surface area contributed by atoms with Gasteiger partial charge in [0.25, 0.3) is 5.91 Å². The number of benzene rings is 3. The van der Waals surface area contributed by atoms with E-state index in [1.807, 2.05) is 72.8 Å². The molecule has 0 aliphatic heterocycles. The van der Waals surface area contributed by atoms with E-state index in [0.29, 0.717) is 17.3 Å². The van der Waals surface area contributed by atoms with Crippen LogP contribution in [0.5, 0.6) is 0 Å². The van der Waals surface area contributed by atoms with Gasteiger partial charge in [-0.2, -0.15) is 0 Å². The van der Waals surface area contributed by atoms with Crippen LogP contribution in [-0.2, 0) is 0 Å². The van der Waals surface area contributed by atoms with Crippen LogP contribution in [0.25, 0.3) is 11.5 Å². The van der Waals surface area contributed by atoms with E-state index in [1.165, 1.54) is 5.56 Å². The monoisotopic (exact) mass is 397 g/mol. The van der Waals surface area contributed by atoms with Gasteiger partial charge in [-0.05, 0) is 55.8 Å². The summed E-state index contributed by atoms with van der Waals surface area (Å²) in [6.07, 6.45) is 0. The summed E-state index contributed by atoms with van der Waals surface area (Å²) in [4.78, 5) is 17.1. The fourth-order valence-corrected chi connectivity index (χ4v) is 3.23. The first-order valence-electron chi connectivity index (χ1n) is 9.86. The molecule has 1 atom stereocenters. The molecular weight excluding hydrogens is 374 g/mol. The number of carbonyl (C=O) groups excluding carboxylic acids is 1. The molecule has 0 fully saturated rings. The summed E-state index contributed by atoms with van der Waals surface area (Å²) in [5.41, 5.74) is 4.01. The van der Waals surface area contributed by atoms with Crippen LogP contribution in [0.2, 0.25) is 0 Å². The van der Waals surface area contributed by atoms with Gasteiger partial charge in [0.05, 0.1) is 0 Å². The molecular formula is C25H23N3O2. The van der Waals surface area contributed by atoms with E-state index in [2.05, 4.69) is 34.7 Å². The van der Waals surface area contributed by atoms with Gasteiger partial charge < -0.3 is 15.1 Å². The minimum Gasteiger partial charge on any atom is -0.441 e. The predicted molar refractivity (Wildman–Crippen MR) is 120 cm³/mol. The molecule has 5 heteroatoms. The van der Waals surface area contributed by atoms with Crippen LogP contribution in [-0.4, -0.2) is 10.9 Å². The van der Waals surface area contributed by atoms with Gasteiger partial charge in [-0.1, -0.05) is 48.5 Å². The highest BCUT2D eigenvalue weighted by Gasteiger charge is 2.18. The number of nitrogens with zero attached hydrogens (tertiary/aromatic N) is 1. The Hall–Kier alpha value is -3.86. The van der Waals surface area contributed by atoms with Crippen molar-refractivity contribution in [2.45, 2.75) is 19.9 Å². The van der Waals surface area contributed by atoms with Gasteiger partial charge in [0.1, 0.15) is 5.76 Å². The number of nitrogens with one attached hydrogen (secondary N) is 2. The molecule has 4 rings (SSSR count). The molecule has 0 spiro atoms. The number of amides is 1. The van der Waals surface area contributed by atoms with Crippen molar-refractivity contribution in [3.8, 4) is 11.5 Å². The van der Waals surface area contributed by atoms with Crippen molar-refractivity contribution in [2.75, 3.05) is 10.6 Å². The SMILES string of the molecule is Cc1oc(-c2ccccc2)nc1C(=O)Nc1ccc(NC(C)c2ccccc2)cc1. The number of rotatable bonds is 6. The van der Waals surface area contributed by atoms with Crippen molar-refractivity contribution in [2.24, 2.45) is 0 Å². The topological polar surface area (TPSA) is 67.2 Å². The molecule has 0 aliphatic rings. The number of aryl methyl sites for hydroxylation is 1. The minimum absolute atomic E-state index is 0.181. The van der Waals surface area contributed by atoms with Gasteiger partial charge in [0, 0.05) is 23.0 Å². The summed E-state index contributed by atoms with van der Waals surface area (Å²) in [5, 5.41) is 6.35. The van der Waals surface area contributed by atoms with Crippen LogP contribution < -0.4 is 10.6 Å². The third kappa shape index (κ3) is 4.41. The van der Waals surface area contributed by atoms with Crippen LogP contribution in [0.1, 0.15) is 34.8 Å². The molecule has 0 saturated heterocycles. The van der Waals surface area contributed by atoms with Crippen LogP contribution in [0.4, 0.5) is 11.4 Å². The predicted octanol–water partition coefficient (Wildman–Crippen LogP) is 6.08. The van der Waals surface area contributed by atoms with E-state index in [-0.39, 0.29) is 17.6 Å². The van der Waals surface area contributed by atoms with Gasteiger partial charge in [-0.15, -0.1) is 0 Å². The number of oxazole rings is 1. The molecule has 1 aromatic heterocycles. The van der Waals surface area contributed by atoms with Crippen molar-refractivity contribution in [1.82, 2.24) is 4.98 Å². The van der Waals surface area contributed by atoms with E-state index in [9.17, 15) is 4.79 Å². The Morgan fingerprint density at radius 2 is 1.47 bits per heavy atom. The second kappa shape index (κ2) is 8.66. The van der Waals surface area contributed by atoms with E-state index in [0.717, 1.165) is 11.3 Å². The minimum atomic E-state index is -0.295. The number of carbonyl (C=O) groups is 1. The summed E-state index contributed by atoms with van der Waals surface area (Å²) in [7, 11) is 0. The highest BCUT2D eigenvalue weighted by Crippen LogP contribution is 2.23. The smallest absolute Gasteiger partial charge is 0.277 e. The highest BCUT2D eigenvalue weighted by molar-refractivity contribution is 6.03. The van der Waals surface area contributed by atoms with Crippen LogP contribution in [0.3, 0.4) is 0 Å². The fourth-order valence-electron chi connectivity index (χ4n) is 3.23. The summed E-state index contributed by atoms with van der Waals surface area (Å²) in [6, 6.07) is 27.6. The number of hydrogen-bond acceptors (Lipinski definition) is 4. The van der Waals surface area contributed by atoms with Gasteiger partial charge in [-0.25, -0.2) is 4.98 Å². The Kier molecular flexibility index (Phi) is 5.61. The zero-order chi connectivity index (χ0) is 20.9. The molecule has 4 aromatic rings. The van der Waals surface area contributed by atoms with Crippen LogP contribution >= 0.6 is 0 Å². The van der Waals surface area contributed by atoms with E-state index < -0.39 is 0 Å². The molecule has 0 saturated carbocycles. The number of aromatic nitrogens is 1. The standard InChI is InChI=1S/C25H23N3O2/c1-17(19-9-5-3-6-10-19)26-21-13-15-22(16-14-21)27-24(29)23-18(2)30-25(28-23)20-11-7-4-8-12-20/h3-17,26H,1-2H3,(H,27,29). The average molecular weight is 397 g/mol. The normalized spacial score (nSPS) is 11.7. The zero-order valence-electron chi connectivity index (χ0n) is 16.9. The van der Waals surface area contributed by atoms with Crippen molar-refractivity contribution >= 4 is 17.3 Å². The third-order valence-corrected chi connectivity index (χ3v) is 4.86. The van der Waals surface area contributed by atoms with Gasteiger partial charge >= 0.3 is 0 Å². The molecule has 1 unspecified atom stereocenters. The molecule has 150 valence electrons. The van der Waals surface area contributed by atoms with Gasteiger partial charge in [0.15, 0.2) is 5.69 Å². The summed E-state index contributed by atoms with van der Waals surface area (Å²) in [6.45, 7) is 3.86. The summed E-state index contributed by atoms with van der Waals surface area (Å²) >= 11 is 0. The van der Waals surface area contributed by atoms with Crippen molar-refractivity contribution in [3.05, 3.63) is 102 Å². The first kappa shape index (κ1) is 19.5. The zero-order valence-corrected chi connectivity index (χ0v) is 16.9. The molecule has 5 nitrogen and oxygen atoms in total. The summed E-state index contributed by atoms with van der Waals surface area (Å²) in [5.74, 6) is 0.630. The maximum Gasteiger partial charge on any atom is 0.277 e. The largest absolute Gasteiger partial charge is 0.441 e. The van der Waals surface area contributed by atoms with Crippen molar-refractivity contribution in [3.63, 3.8) is 0 Å². The molecule has 2 N–H and O–H groups in total. The van der Waals surface area contributed by atoms with Crippen molar-refractivity contribution in [1.29, 1.82) is 0 Å². The van der Waals surface area contributed by atoms with Gasteiger partial charge in [-0.3, -0.25) is 4.79 Å². The summed E-state index contributed by atoms with van der Waals surface area (Å²) < 4.78 is 5.68. The van der Waals surface area contributed by atoms with Crippen LogP contribution in [0, 0.1) is 6.92 Å². The van der Waals surface area contributed by atoms with E-state index in [1.54, 1.807) is 6.92 Å². The Morgan fingerprint density at radius 3 is 2.13 bits per heavy atom. The molecule has 0 aliphatic carbocycles. The lowest BCUT2D eigenvalue weighted by molar-refractivity contribution is 0.102. The first-order valence-corrected chi connectivity index (χ1v) is 9.86. The Morgan fingerprint density at radius 1 is 0.867 bits per heavy atom. The second-order valence-corrected chi connectivity index (χ2v) is 7.10. The molecule has 0 radical (unpaired) electrons. The molecule has 30 heavy (non-hydrogen) atoms. The van der Waals surface area contributed by atoms with Gasteiger partial charge in [0.2, 0.25) is 5.89 Å². The Balaban J connectivity index is 1.42. The first-order chi connectivity index (χ1) is 14.6. The number of hydrogen-bond donors (Lipinski definition) is 2. The molecule has 1 amide bonds. The lowest BCUT2D eigenvalue weighted by Gasteiger charge is -2.16. The number of anilines is 2. The highest BCUT2D eigenvalue weighted by atomic mass is 16.4.